The monoisotopic (exact) mass is 248 g/mol. The number of piperidine rings is 1. The highest BCUT2D eigenvalue weighted by atomic mass is 16.3. The Kier molecular flexibility index (Phi) is 4.33. The molecule has 4 heteroatoms. The summed E-state index contributed by atoms with van der Waals surface area (Å²) >= 11 is 0. The lowest BCUT2D eigenvalue weighted by Crippen LogP contribution is -2.42. The average Bonchev–Trinajstić information content (AvgIpc) is 2.47. The summed E-state index contributed by atoms with van der Waals surface area (Å²) in [7, 11) is 0. The third kappa shape index (κ3) is 2.89. The predicted octanol–water partition coefficient (Wildman–Crippen LogP) is 0.917. The van der Waals surface area contributed by atoms with Crippen LogP contribution in [0.4, 0.5) is 0 Å². The quantitative estimate of drug-likeness (QED) is 0.836. The van der Waals surface area contributed by atoms with E-state index < -0.39 is 6.10 Å². The zero-order chi connectivity index (χ0) is 13.0. The number of hydrogen-bond donors (Lipinski definition) is 2. The van der Waals surface area contributed by atoms with Crippen LogP contribution in [0.2, 0.25) is 0 Å². The number of hydrogen-bond acceptors (Lipinski definition) is 3. The molecule has 18 heavy (non-hydrogen) atoms. The molecule has 1 atom stereocenters. The Labute approximate surface area is 107 Å². The van der Waals surface area contributed by atoms with Crippen LogP contribution in [0.25, 0.3) is 0 Å². The maximum atomic E-state index is 12.1. The zero-order valence-electron chi connectivity index (χ0n) is 10.5. The molecule has 1 aliphatic rings. The van der Waals surface area contributed by atoms with Gasteiger partial charge in [0.05, 0.1) is 0 Å². The van der Waals surface area contributed by atoms with E-state index in [4.69, 9.17) is 5.73 Å². The Bertz CT molecular complexity index is 386. The fourth-order valence-electron chi connectivity index (χ4n) is 2.34. The van der Waals surface area contributed by atoms with Crippen molar-refractivity contribution in [2.75, 3.05) is 19.6 Å². The number of benzene rings is 1. The van der Waals surface area contributed by atoms with E-state index in [1.165, 1.54) is 0 Å². The molecule has 0 bridgehead atoms. The molecule has 1 aromatic rings. The molecule has 1 amide bonds. The lowest BCUT2D eigenvalue weighted by Gasteiger charge is -2.32. The molecular weight excluding hydrogens is 228 g/mol. The van der Waals surface area contributed by atoms with Crippen LogP contribution in [0, 0.1) is 5.92 Å². The van der Waals surface area contributed by atoms with Crippen LogP contribution < -0.4 is 5.73 Å². The molecule has 1 saturated heterocycles. The summed E-state index contributed by atoms with van der Waals surface area (Å²) in [5.41, 5.74) is 6.28. The molecule has 0 saturated carbocycles. The van der Waals surface area contributed by atoms with Crippen LogP contribution in [0.15, 0.2) is 30.3 Å². The van der Waals surface area contributed by atoms with E-state index in [1.54, 1.807) is 17.0 Å². The summed E-state index contributed by atoms with van der Waals surface area (Å²) in [6, 6.07) is 9.07. The highest BCUT2D eigenvalue weighted by Crippen LogP contribution is 2.21. The van der Waals surface area contributed by atoms with Crippen molar-refractivity contribution < 1.29 is 9.90 Å². The van der Waals surface area contributed by atoms with Gasteiger partial charge in [-0.25, -0.2) is 0 Å². The summed E-state index contributed by atoms with van der Waals surface area (Å²) in [5.74, 6) is 0.319. The maximum absolute atomic E-state index is 12.1. The van der Waals surface area contributed by atoms with Gasteiger partial charge in [0.25, 0.3) is 5.91 Å². The smallest absolute Gasteiger partial charge is 0.256 e. The molecule has 4 nitrogen and oxygen atoms in total. The second-order valence-corrected chi connectivity index (χ2v) is 4.82. The summed E-state index contributed by atoms with van der Waals surface area (Å²) < 4.78 is 0. The Morgan fingerprint density at radius 2 is 1.94 bits per heavy atom. The molecule has 0 aromatic heterocycles. The van der Waals surface area contributed by atoms with E-state index in [2.05, 4.69) is 0 Å². The van der Waals surface area contributed by atoms with Gasteiger partial charge < -0.3 is 15.7 Å². The molecule has 1 aliphatic heterocycles. The van der Waals surface area contributed by atoms with Gasteiger partial charge in [-0.15, -0.1) is 0 Å². The molecule has 98 valence electrons. The van der Waals surface area contributed by atoms with Gasteiger partial charge in [-0.1, -0.05) is 30.3 Å². The van der Waals surface area contributed by atoms with Crippen molar-refractivity contribution in [3.63, 3.8) is 0 Å². The van der Waals surface area contributed by atoms with Crippen LogP contribution in [0.1, 0.15) is 24.5 Å². The van der Waals surface area contributed by atoms with E-state index in [9.17, 15) is 9.90 Å². The number of amides is 1. The molecule has 1 unspecified atom stereocenters. The Morgan fingerprint density at radius 3 is 2.50 bits per heavy atom. The summed E-state index contributed by atoms with van der Waals surface area (Å²) in [6.07, 6.45) is 0.827. The van der Waals surface area contributed by atoms with Crippen LogP contribution in [0.3, 0.4) is 0 Å². The summed E-state index contributed by atoms with van der Waals surface area (Å²) in [5, 5.41) is 10.0. The van der Waals surface area contributed by atoms with Gasteiger partial charge in [-0.3, -0.25) is 4.79 Å². The lowest BCUT2D eigenvalue weighted by molar-refractivity contribution is -0.141. The normalized spacial score (nSPS) is 18.7. The lowest BCUT2D eigenvalue weighted by atomic mass is 9.96. The highest BCUT2D eigenvalue weighted by molar-refractivity contribution is 5.82. The second-order valence-electron chi connectivity index (χ2n) is 4.82. The van der Waals surface area contributed by atoms with Crippen LogP contribution in [0.5, 0.6) is 0 Å². The van der Waals surface area contributed by atoms with Crippen LogP contribution >= 0.6 is 0 Å². The first-order chi connectivity index (χ1) is 8.72. The molecule has 1 heterocycles. The van der Waals surface area contributed by atoms with E-state index >= 15 is 0 Å². The number of rotatable bonds is 3. The molecule has 0 radical (unpaired) electrons. The molecule has 0 spiro atoms. The molecule has 3 N–H and O–H groups in total. The minimum atomic E-state index is -1.04. The van der Waals surface area contributed by atoms with Crippen molar-refractivity contribution in [1.29, 1.82) is 0 Å². The molecule has 2 rings (SSSR count). The number of carbonyl (C=O) groups excluding carboxylic acids is 1. The second kappa shape index (κ2) is 5.98. The van der Waals surface area contributed by atoms with Gasteiger partial charge in [0, 0.05) is 13.1 Å². The largest absolute Gasteiger partial charge is 0.378 e. The van der Waals surface area contributed by atoms with Gasteiger partial charge in [0.2, 0.25) is 0 Å². The Morgan fingerprint density at radius 1 is 1.33 bits per heavy atom. The van der Waals surface area contributed by atoms with Crippen LogP contribution in [-0.4, -0.2) is 35.5 Å². The van der Waals surface area contributed by atoms with Gasteiger partial charge in [0.15, 0.2) is 6.10 Å². The van der Waals surface area contributed by atoms with Gasteiger partial charge in [-0.2, -0.15) is 0 Å². The van der Waals surface area contributed by atoms with Crippen molar-refractivity contribution in [2.24, 2.45) is 11.7 Å². The minimum absolute atomic E-state index is 0.198. The number of aliphatic hydroxyl groups excluding tert-OH is 1. The van der Waals surface area contributed by atoms with Crippen LogP contribution in [-0.2, 0) is 4.79 Å². The molecular formula is C14H20N2O2. The number of nitrogens with two attached hydrogens (primary N) is 1. The fourth-order valence-corrected chi connectivity index (χ4v) is 2.34. The number of aliphatic hydroxyl groups is 1. The van der Waals surface area contributed by atoms with Crippen molar-refractivity contribution >= 4 is 5.91 Å². The molecule has 1 aromatic carbocycles. The topological polar surface area (TPSA) is 66.6 Å². The SMILES string of the molecule is NCC1CCN(C(=O)C(O)c2ccccc2)CC1. The zero-order valence-corrected chi connectivity index (χ0v) is 10.5. The number of carbonyl (C=O) groups is 1. The maximum Gasteiger partial charge on any atom is 0.256 e. The van der Waals surface area contributed by atoms with E-state index in [0.29, 0.717) is 31.1 Å². The predicted molar refractivity (Wildman–Crippen MR) is 69.8 cm³/mol. The standard InChI is InChI=1S/C14H20N2O2/c15-10-11-6-8-16(9-7-11)14(18)13(17)12-4-2-1-3-5-12/h1-5,11,13,17H,6-10,15H2. The first kappa shape index (κ1) is 13.1. The highest BCUT2D eigenvalue weighted by Gasteiger charge is 2.27. The van der Waals surface area contributed by atoms with Crippen molar-refractivity contribution in [3.05, 3.63) is 35.9 Å². The Balaban J connectivity index is 1.96. The van der Waals surface area contributed by atoms with Crippen molar-refractivity contribution in [2.45, 2.75) is 18.9 Å². The summed E-state index contributed by atoms with van der Waals surface area (Å²) in [4.78, 5) is 13.9. The van der Waals surface area contributed by atoms with E-state index in [-0.39, 0.29) is 5.91 Å². The summed E-state index contributed by atoms with van der Waals surface area (Å²) in [6.45, 7) is 2.08. The third-order valence-corrected chi connectivity index (χ3v) is 3.61. The fraction of sp³-hybridized carbons (Fsp3) is 0.500. The van der Waals surface area contributed by atoms with Gasteiger partial charge in [0.1, 0.15) is 0 Å². The van der Waals surface area contributed by atoms with Gasteiger partial charge >= 0.3 is 0 Å². The first-order valence-electron chi connectivity index (χ1n) is 6.44. The first-order valence-corrected chi connectivity index (χ1v) is 6.44. The average molecular weight is 248 g/mol. The minimum Gasteiger partial charge on any atom is -0.378 e. The molecule has 0 aliphatic carbocycles. The number of nitrogens with zero attached hydrogens (tertiary/aromatic N) is 1. The van der Waals surface area contributed by atoms with Gasteiger partial charge in [-0.05, 0) is 30.9 Å². The van der Waals surface area contributed by atoms with Crippen molar-refractivity contribution in [1.82, 2.24) is 4.90 Å². The third-order valence-electron chi connectivity index (χ3n) is 3.61. The molecule has 1 fully saturated rings. The number of likely N-dealkylation sites (tertiary alicyclic amines) is 1. The van der Waals surface area contributed by atoms with Crippen molar-refractivity contribution in [3.8, 4) is 0 Å². The van der Waals surface area contributed by atoms with E-state index in [0.717, 1.165) is 12.8 Å². The Hall–Kier alpha value is -1.39. The van der Waals surface area contributed by atoms with E-state index in [1.807, 2.05) is 18.2 Å².